The normalized spacial score (nSPS) is 10.7. The Morgan fingerprint density at radius 2 is 1.79 bits per heavy atom. The number of aryl methyl sites for hydroxylation is 2. The molecule has 0 atom stereocenters. The fraction of sp³-hybridized carbons (Fsp3) is 0.125. The molecule has 4 rings (SSSR count). The number of pyridine rings is 2. The van der Waals surface area contributed by atoms with E-state index in [1.54, 1.807) is 12.3 Å². The third-order valence-electron chi connectivity index (χ3n) is 4.77. The van der Waals surface area contributed by atoms with Crippen LogP contribution >= 0.6 is 0 Å². The Bertz CT molecular complexity index is 1170. The van der Waals surface area contributed by atoms with Crippen molar-refractivity contribution in [2.75, 3.05) is 5.32 Å². The molecule has 0 aliphatic rings. The number of hydrogen-bond donors (Lipinski definition) is 2. The molecule has 0 radical (unpaired) electrons. The molecule has 0 fully saturated rings. The van der Waals surface area contributed by atoms with E-state index in [1.165, 1.54) is 0 Å². The van der Waals surface area contributed by atoms with E-state index < -0.39 is 0 Å². The highest BCUT2D eigenvalue weighted by molar-refractivity contribution is 6.07. The smallest absolute Gasteiger partial charge is 0.252 e. The molecule has 1 amide bonds. The number of carbonyl (C=O) groups is 1. The van der Waals surface area contributed by atoms with E-state index in [-0.39, 0.29) is 5.91 Å². The lowest BCUT2D eigenvalue weighted by Crippen LogP contribution is -2.23. The highest BCUT2D eigenvalue weighted by Crippen LogP contribution is 2.25. The van der Waals surface area contributed by atoms with Gasteiger partial charge in [-0.2, -0.15) is 0 Å². The average molecular weight is 382 g/mol. The molecule has 5 heteroatoms. The van der Waals surface area contributed by atoms with Gasteiger partial charge in [0.1, 0.15) is 5.82 Å². The van der Waals surface area contributed by atoms with E-state index in [9.17, 15) is 4.79 Å². The Hall–Kier alpha value is -3.73. The van der Waals surface area contributed by atoms with Gasteiger partial charge in [-0.05, 0) is 55.3 Å². The minimum atomic E-state index is -0.154. The number of fused-ring (bicyclic) bond motifs is 1. The Labute approximate surface area is 169 Å². The minimum Gasteiger partial charge on any atom is -0.346 e. The van der Waals surface area contributed by atoms with Gasteiger partial charge in [0.2, 0.25) is 0 Å². The minimum absolute atomic E-state index is 0.154. The summed E-state index contributed by atoms with van der Waals surface area (Å²) in [7, 11) is 0. The monoisotopic (exact) mass is 382 g/mol. The van der Waals surface area contributed by atoms with Crippen LogP contribution in [-0.2, 0) is 6.54 Å². The first-order valence-corrected chi connectivity index (χ1v) is 9.52. The summed E-state index contributed by atoms with van der Waals surface area (Å²) in [5.74, 6) is 0.485. The van der Waals surface area contributed by atoms with Gasteiger partial charge in [0.25, 0.3) is 5.91 Å². The van der Waals surface area contributed by atoms with Crippen molar-refractivity contribution in [3.8, 4) is 0 Å². The van der Waals surface area contributed by atoms with Crippen LogP contribution in [0.3, 0.4) is 0 Å². The second-order valence-corrected chi connectivity index (χ2v) is 7.02. The highest BCUT2D eigenvalue weighted by Gasteiger charge is 2.13. The van der Waals surface area contributed by atoms with Crippen molar-refractivity contribution >= 4 is 28.3 Å². The Balaban J connectivity index is 1.67. The number of benzene rings is 2. The number of aromatic nitrogens is 2. The number of nitrogens with one attached hydrogen (secondary N) is 2. The van der Waals surface area contributed by atoms with Crippen molar-refractivity contribution in [1.29, 1.82) is 0 Å². The van der Waals surface area contributed by atoms with E-state index in [1.807, 2.05) is 49.4 Å². The number of amides is 1. The number of hydrogen-bond acceptors (Lipinski definition) is 4. The van der Waals surface area contributed by atoms with Crippen LogP contribution in [0.15, 0.2) is 72.9 Å². The Morgan fingerprint density at radius 1 is 0.966 bits per heavy atom. The van der Waals surface area contributed by atoms with Crippen LogP contribution in [0.1, 0.15) is 27.2 Å². The lowest BCUT2D eigenvalue weighted by Gasteiger charge is -2.13. The van der Waals surface area contributed by atoms with E-state index in [2.05, 4.69) is 40.7 Å². The van der Waals surface area contributed by atoms with Crippen LogP contribution in [0.4, 0.5) is 11.5 Å². The van der Waals surface area contributed by atoms with Gasteiger partial charge in [0.15, 0.2) is 0 Å². The molecule has 0 bridgehead atoms. The summed E-state index contributed by atoms with van der Waals surface area (Å²) in [6.07, 6.45) is 1.72. The quantitative estimate of drug-likeness (QED) is 0.514. The fourth-order valence-electron chi connectivity index (χ4n) is 3.20. The zero-order valence-electron chi connectivity index (χ0n) is 16.4. The third kappa shape index (κ3) is 4.24. The van der Waals surface area contributed by atoms with E-state index in [0.717, 1.165) is 33.4 Å². The molecule has 2 aromatic carbocycles. The van der Waals surface area contributed by atoms with Crippen LogP contribution in [0.2, 0.25) is 0 Å². The number of para-hydroxylation sites is 1. The Morgan fingerprint density at radius 3 is 2.62 bits per heavy atom. The summed E-state index contributed by atoms with van der Waals surface area (Å²) in [5.41, 5.74) is 5.42. The summed E-state index contributed by atoms with van der Waals surface area (Å²) < 4.78 is 0. The largest absolute Gasteiger partial charge is 0.346 e. The van der Waals surface area contributed by atoms with Gasteiger partial charge in [0.05, 0.1) is 23.3 Å². The second kappa shape index (κ2) is 8.10. The summed E-state index contributed by atoms with van der Waals surface area (Å²) in [6.45, 7) is 4.47. The lowest BCUT2D eigenvalue weighted by molar-refractivity contribution is 0.0952. The number of carbonyl (C=O) groups excluding carboxylic acids is 1. The van der Waals surface area contributed by atoms with E-state index in [4.69, 9.17) is 4.98 Å². The molecular weight excluding hydrogens is 360 g/mol. The molecule has 5 nitrogen and oxygen atoms in total. The third-order valence-corrected chi connectivity index (χ3v) is 4.77. The first-order chi connectivity index (χ1) is 14.1. The molecular formula is C24H22N4O. The zero-order chi connectivity index (χ0) is 20.2. The van der Waals surface area contributed by atoms with Gasteiger partial charge in [-0.25, -0.2) is 4.98 Å². The van der Waals surface area contributed by atoms with Crippen LogP contribution < -0.4 is 10.6 Å². The Kier molecular flexibility index (Phi) is 5.20. The standard InChI is InChI=1S/C24H22N4O/c1-16-10-11-17(2)22(13-16)28-23-14-20(19-8-3-4-9-21(19)27-23)24(29)26-15-18-7-5-6-12-25-18/h3-14H,15H2,1-2H3,(H,26,29)(H,27,28). The molecule has 2 heterocycles. The van der Waals surface area contributed by atoms with E-state index in [0.29, 0.717) is 17.9 Å². The molecule has 2 N–H and O–H groups in total. The van der Waals surface area contributed by atoms with Crippen molar-refractivity contribution in [2.24, 2.45) is 0 Å². The second-order valence-electron chi connectivity index (χ2n) is 7.02. The molecule has 0 aliphatic carbocycles. The SMILES string of the molecule is Cc1ccc(C)c(Nc2cc(C(=O)NCc3ccccn3)c3ccccc3n2)c1. The van der Waals surface area contributed by atoms with Gasteiger partial charge in [-0.15, -0.1) is 0 Å². The first-order valence-electron chi connectivity index (χ1n) is 9.52. The molecule has 29 heavy (non-hydrogen) atoms. The van der Waals surface area contributed by atoms with Crippen LogP contribution in [-0.4, -0.2) is 15.9 Å². The van der Waals surface area contributed by atoms with Crippen molar-refractivity contribution in [1.82, 2.24) is 15.3 Å². The van der Waals surface area contributed by atoms with Gasteiger partial charge < -0.3 is 10.6 Å². The van der Waals surface area contributed by atoms with Crippen molar-refractivity contribution < 1.29 is 4.79 Å². The molecule has 2 aromatic heterocycles. The predicted molar refractivity (Wildman–Crippen MR) is 116 cm³/mol. The summed E-state index contributed by atoms with van der Waals surface area (Å²) in [6, 6.07) is 21.3. The molecule has 144 valence electrons. The number of anilines is 2. The first kappa shape index (κ1) is 18.6. The maximum absolute atomic E-state index is 13.0. The maximum Gasteiger partial charge on any atom is 0.252 e. The summed E-state index contributed by atoms with van der Waals surface area (Å²) >= 11 is 0. The van der Waals surface area contributed by atoms with Gasteiger partial charge in [0, 0.05) is 17.3 Å². The number of rotatable bonds is 5. The van der Waals surface area contributed by atoms with Crippen LogP contribution in [0.25, 0.3) is 10.9 Å². The molecule has 0 spiro atoms. The molecule has 0 unspecified atom stereocenters. The van der Waals surface area contributed by atoms with Crippen molar-refractivity contribution in [3.63, 3.8) is 0 Å². The topological polar surface area (TPSA) is 66.9 Å². The summed E-state index contributed by atoms with van der Waals surface area (Å²) in [4.78, 5) is 21.9. The average Bonchev–Trinajstić information content (AvgIpc) is 2.75. The predicted octanol–water partition coefficient (Wildman–Crippen LogP) is 4.92. The molecule has 0 saturated carbocycles. The van der Waals surface area contributed by atoms with Gasteiger partial charge in [-0.1, -0.05) is 36.4 Å². The lowest BCUT2D eigenvalue weighted by atomic mass is 10.1. The van der Waals surface area contributed by atoms with E-state index >= 15 is 0 Å². The van der Waals surface area contributed by atoms with Gasteiger partial charge >= 0.3 is 0 Å². The molecule has 4 aromatic rings. The maximum atomic E-state index is 13.0. The van der Waals surface area contributed by atoms with Crippen LogP contribution in [0, 0.1) is 13.8 Å². The highest BCUT2D eigenvalue weighted by atomic mass is 16.1. The van der Waals surface area contributed by atoms with Crippen molar-refractivity contribution in [2.45, 2.75) is 20.4 Å². The summed E-state index contributed by atoms with van der Waals surface area (Å²) in [5, 5.41) is 7.15. The molecule has 0 aliphatic heterocycles. The fourth-order valence-corrected chi connectivity index (χ4v) is 3.20. The van der Waals surface area contributed by atoms with Crippen LogP contribution in [0.5, 0.6) is 0 Å². The zero-order valence-corrected chi connectivity index (χ0v) is 16.4. The molecule has 0 saturated heterocycles. The number of nitrogens with zero attached hydrogens (tertiary/aromatic N) is 2. The van der Waals surface area contributed by atoms with Crippen molar-refractivity contribution in [3.05, 3.63) is 95.3 Å². The van der Waals surface area contributed by atoms with Gasteiger partial charge in [-0.3, -0.25) is 9.78 Å².